The second-order valence-electron chi connectivity index (χ2n) is 2.64. The summed E-state index contributed by atoms with van der Waals surface area (Å²) in [6.45, 7) is 1.20. The SMILES string of the molecule is c1ccc(N2CCSC2)cc1. The van der Waals surface area contributed by atoms with E-state index in [4.69, 9.17) is 0 Å². The van der Waals surface area contributed by atoms with E-state index < -0.39 is 0 Å². The highest BCUT2D eigenvalue weighted by Gasteiger charge is 2.10. The summed E-state index contributed by atoms with van der Waals surface area (Å²) in [7, 11) is 0. The van der Waals surface area contributed by atoms with Gasteiger partial charge in [0.15, 0.2) is 0 Å². The summed E-state index contributed by atoms with van der Waals surface area (Å²) >= 11 is 2.00. The number of anilines is 1. The van der Waals surface area contributed by atoms with Crippen LogP contribution in [0.4, 0.5) is 5.69 Å². The smallest absolute Gasteiger partial charge is 0.0640 e. The number of thioether (sulfide) groups is 1. The van der Waals surface area contributed by atoms with Crippen molar-refractivity contribution in [3.05, 3.63) is 30.3 Å². The lowest BCUT2D eigenvalue weighted by Crippen LogP contribution is -2.17. The van der Waals surface area contributed by atoms with Crippen LogP contribution in [0.5, 0.6) is 0 Å². The molecule has 0 aromatic heterocycles. The van der Waals surface area contributed by atoms with Crippen LogP contribution in [-0.4, -0.2) is 18.2 Å². The van der Waals surface area contributed by atoms with E-state index in [2.05, 4.69) is 35.2 Å². The molecule has 1 aliphatic heterocycles. The Morgan fingerprint density at radius 2 is 2.00 bits per heavy atom. The van der Waals surface area contributed by atoms with Gasteiger partial charge in [-0.05, 0) is 12.1 Å². The third-order valence-electron chi connectivity index (χ3n) is 1.87. The molecule has 0 saturated carbocycles. The minimum absolute atomic E-state index is 1.16. The van der Waals surface area contributed by atoms with Gasteiger partial charge >= 0.3 is 0 Å². The van der Waals surface area contributed by atoms with Crippen molar-refractivity contribution >= 4 is 17.4 Å². The first-order valence-corrected chi connectivity index (χ1v) is 5.00. The van der Waals surface area contributed by atoms with Crippen LogP contribution in [0, 0.1) is 0 Å². The summed E-state index contributed by atoms with van der Waals surface area (Å²) in [5, 5.41) is 0. The first-order valence-electron chi connectivity index (χ1n) is 3.84. The van der Waals surface area contributed by atoms with Crippen LogP contribution in [0.2, 0.25) is 0 Å². The van der Waals surface area contributed by atoms with Crippen molar-refractivity contribution in [1.82, 2.24) is 0 Å². The van der Waals surface area contributed by atoms with Crippen LogP contribution >= 0.6 is 11.8 Å². The predicted octanol–water partition coefficient (Wildman–Crippen LogP) is 2.20. The van der Waals surface area contributed by atoms with E-state index in [9.17, 15) is 0 Å². The molecular weight excluding hydrogens is 154 g/mol. The fourth-order valence-corrected chi connectivity index (χ4v) is 2.23. The topological polar surface area (TPSA) is 3.24 Å². The van der Waals surface area contributed by atoms with Crippen LogP contribution in [-0.2, 0) is 0 Å². The van der Waals surface area contributed by atoms with Gasteiger partial charge in [0.05, 0.1) is 5.88 Å². The highest BCUT2D eigenvalue weighted by Crippen LogP contribution is 2.21. The summed E-state index contributed by atoms with van der Waals surface area (Å²) in [4.78, 5) is 2.41. The molecule has 1 aromatic rings. The second kappa shape index (κ2) is 3.18. The molecule has 0 bridgehead atoms. The number of hydrogen-bond acceptors (Lipinski definition) is 2. The van der Waals surface area contributed by atoms with Crippen molar-refractivity contribution in [2.45, 2.75) is 0 Å². The van der Waals surface area contributed by atoms with E-state index in [0.29, 0.717) is 0 Å². The monoisotopic (exact) mass is 165 g/mol. The fourth-order valence-electron chi connectivity index (χ4n) is 1.26. The average Bonchev–Trinajstić information content (AvgIpc) is 2.58. The maximum absolute atomic E-state index is 2.41. The minimum Gasteiger partial charge on any atom is -0.361 e. The molecule has 1 fully saturated rings. The molecule has 0 amide bonds. The van der Waals surface area contributed by atoms with Gasteiger partial charge in [-0.25, -0.2) is 0 Å². The van der Waals surface area contributed by atoms with Crippen molar-refractivity contribution in [2.75, 3.05) is 23.1 Å². The average molecular weight is 165 g/mol. The van der Waals surface area contributed by atoms with Gasteiger partial charge in [0, 0.05) is 18.0 Å². The largest absolute Gasteiger partial charge is 0.361 e. The Hall–Kier alpha value is -0.630. The second-order valence-corrected chi connectivity index (χ2v) is 3.71. The van der Waals surface area contributed by atoms with E-state index in [1.165, 1.54) is 18.0 Å². The highest BCUT2D eigenvalue weighted by atomic mass is 32.2. The first kappa shape index (κ1) is 7.04. The van der Waals surface area contributed by atoms with Gasteiger partial charge < -0.3 is 4.90 Å². The van der Waals surface area contributed by atoms with Gasteiger partial charge in [-0.15, -0.1) is 11.8 Å². The molecule has 0 radical (unpaired) electrons. The van der Waals surface area contributed by atoms with Crippen molar-refractivity contribution in [3.8, 4) is 0 Å². The summed E-state index contributed by atoms with van der Waals surface area (Å²) < 4.78 is 0. The van der Waals surface area contributed by atoms with E-state index >= 15 is 0 Å². The Balaban J connectivity index is 2.16. The van der Waals surface area contributed by atoms with Crippen LogP contribution < -0.4 is 4.90 Å². The third-order valence-corrected chi connectivity index (χ3v) is 2.84. The fraction of sp³-hybridized carbons (Fsp3) is 0.333. The Morgan fingerprint density at radius 1 is 1.18 bits per heavy atom. The Bertz CT molecular complexity index is 216. The number of rotatable bonds is 1. The van der Waals surface area contributed by atoms with Gasteiger partial charge in [0.1, 0.15) is 0 Å². The molecule has 0 atom stereocenters. The maximum Gasteiger partial charge on any atom is 0.0640 e. The van der Waals surface area contributed by atoms with Gasteiger partial charge in [0.25, 0.3) is 0 Å². The van der Waals surface area contributed by atoms with Crippen molar-refractivity contribution in [1.29, 1.82) is 0 Å². The van der Waals surface area contributed by atoms with Gasteiger partial charge in [-0.3, -0.25) is 0 Å². The Morgan fingerprint density at radius 3 is 2.64 bits per heavy atom. The van der Waals surface area contributed by atoms with Gasteiger partial charge in [0.2, 0.25) is 0 Å². The number of nitrogens with zero attached hydrogens (tertiary/aromatic N) is 1. The predicted molar refractivity (Wildman–Crippen MR) is 51.1 cm³/mol. The zero-order valence-electron chi connectivity index (χ0n) is 6.36. The normalized spacial score (nSPS) is 17.3. The molecule has 58 valence electrons. The molecule has 11 heavy (non-hydrogen) atoms. The maximum atomic E-state index is 2.41. The zero-order chi connectivity index (χ0) is 7.52. The number of para-hydroxylation sites is 1. The van der Waals surface area contributed by atoms with E-state index in [0.717, 1.165) is 5.88 Å². The lowest BCUT2D eigenvalue weighted by molar-refractivity contribution is 0.994. The standard InChI is InChI=1S/C9H11NS/c1-2-4-9(5-3-1)10-6-7-11-8-10/h1-5H,6-8H2. The van der Waals surface area contributed by atoms with Crippen LogP contribution in [0.3, 0.4) is 0 Å². The third kappa shape index (κ3) is 1.51. The molecular formula is C9H11NS. The summed E-state index contributed by atoms with van der Waals surface area (Å²) in [6, 6.07) is 10.6. The molecule has 1 nitrogen and oxygen atoms in total. The Labute approximate surface area is 71.4 Å². The van der Waals surface area contributed by atoms with Crippen molar-refractivity contribution < 1.29 is 0 Å². The molecule has 2 heteroatoms. The van der Waals surface area contributed by atoms with Crippen LogP contribution in [0.1, 0.15) is 0 Å². The molecule has 1 saturated heterocycles. The molecule has 1 heterocycles. The van der Waals surface area contributed by atoms with Crippen LogP contribution in [0.25, 0.3) is 0 Å². The molecule has 0 aliphatic carbocycles. The van der Waals surface area contributed by atoms with E-state index in [1.807, 2.05) is 11.8 Å². The molecule has 0 spiro atoms. The van der Waals surface area contributed by atoms with E-state index in [1.54, 1.807) is 0 Å². The lowest BCUT2D eigenvalue weighted by Gasteiger charge is -2.15. The first-order chi connectivity index (χ1) is 5.47. The van der Waals surface area contributed by atoms with Gasteiger partial charge in [-0.2, -0.15) is 0 Å². The van der Waals surface area contributed by atoms with Crippen molar-refractivity contribution in [2.24, 2.45) is 0 Å². The number of hydrogen-bond donors (Lipinski definition) is 0. The minimum atomic E-state index is 1.16. The van der Waals surface area contributed by atoms with Crippen molar-refractivity contribution in [3.63, 3.8) is 0 Å². The van der Waals surface area contributed by atoms with E-state index in [-0.39, 0.29) is 0 Å². The van der Waals surface area contributed by atoms with Gasteiger partial charge in [-0.1, -0.05) is 18.2 Å². The molecule has 1 aromatic carbocycles. The summed E-state index contributed by atoms with van der Waals surface area (Å²) in [5.74, 6) is 2.43. The van der Waals surface area contributed by atoms with Crippen LogP contribution in [0.15, 0.2) is 30.3 Å². The quantitative estimate of drug-likeness (QED) is 0.627. The highest BCUT2D eigenvalue weighted by molar-refractivity contribution is 7.99. The molecule has 2 rings (SSSR count). The number of benzene rings is 1. The Kier molecular flexibility index (Phi) is 2.04. The molecule has 1 aliphatic rings. The summed E-state index contributed by atoms with van der Waals surface area (Å²) in [6.07, 6.45) is 0. The zero-order valence-corrected chi connectivity index (χ0v) is 7.18. The molecule has 0 unspecified atom stereocenters. The summed E-state index contributed by atoms with van der Waals surface area (Å²) in [5.41, 5.74) is 1.36. The lowest BCUT2D eigenvalue weighted by atomic mass is 10.3. The molecule has 0 N–H and O–H groups in total.